The molecule has 2 aliphatic heterocycles. The molecule has 0 spiro atoms. The molecule has 0 aliphatic carbocycles. The summed E-state index contributed by atoms with van der Waals surface area (Å²) in [5.74, 6) is 2.29. The Morgan fingerprint density at radius 3 is 2.89 bits per heavy atom. The third kappa shape index (κ3) is 2.35. The number of hydrogen-bond acceptors (Lipinski definition) is 4. The molecule has 1 N–H and O–H groups in total. The molecule has 3 rings (SSSR count). The van der Waals surface area contributed by atoms with Crippen molar-refractivity contribution in [1.82, 2.24) is 5.32 Å². The monoisotopic (exact) mass is 271 g/mol. The highest BCUT2D eigenvalue weighted by molar-refractivity contribution is 5.85. The van der Waals surface area contributed by atoms with Crippen molar-refractivity contribution in [3.05, 3.63) is 17.7 Å². The van der Waals surface area contributed by atoms with E-state index >= 15 is 0 Å². The van der Waals surface area contributed by atoms with Crippen LogP contribution in [0.5, 0.6) is 17.2 Å². The van der Waals surface area contributed by atoms with Crippen molar-refractivity contribution in [3.8, 4) is 17.2 Å². The van der Waals surface area contributed by atoms with Gasteiger partial charge in [-0.15, -0.1) is 12.4 Å². The number of ether oxygens (including phenoxy) is 3. The molecule has 0 unspecified atom stereocenters. The lowest BCUT2D eigenvalue weighted by Crippen LogP contribution is -2.26. The highest BCUT2D eigenvalue weighted by Gasteiger charge is 2.23. The summed E-state index contributed by atoms with van der Waals surface area (Å²) in [5.41, 5.74) is 1.23. The average molecular weight is 272 g/mol. The van der Waals surface area contributed by atoms with Crippen molar-refractivity contribution in [2.45, 2.75) is 25.3 Å². The molecule has 4 nitrogen and oxygen atoms in total. The molecule has 18 heavy (non-hydrogen) atoms. The first-order valence-electron chi connectivity index (χ1n) is 6.09. The molecule has 1 aromatic rings. The van der Waals surface area contributed by atoms with Crippen LogP contribution in [0, 0.1) is 0 Å². The molecule has 0 bridgehead atoms. The fraction of sp³-hybridized carbons (Fsp3) is 0.538. The molecule has 100 valence electrons. The number of halogens is 1. The van der Waals surface area contributed by atoms with E-state index in [0.717, 1.165) is 23.8 Å². The molecule has 1 aromatic carbocycles. The van der Waals surface area contributed by atoms with Gasteiger partial charge in [0.15, 0.2) is 11.5 Å². The van der Waals surface area contributed by atoms with Crippen LogP contribution in [0.2, 0.25) is 0 Å². The van der Waals surface area contributed by atoms with Gasteiger partial charge < -0.3 is 19.5 Å². The molecule has 1 atom stereocenters. The quantitative estimate of drug-likeness (QED) is 0.898. The Hall–Kier alpha value is -1.13. The molecular weight excluding hydrogens is 254 g/mol. The third-order valence-corrected chi connectivity index (χ3v) is 3.39. The van der Waals surface area contributed by atoms with E-state index in [1.807, 2.05) is 0 Å². The fourth-order valence-electron chi connectivity index (χ4n) is 2.49. The maximum atomic E-state index is 5.44. The minimum Gasteiger partial charge on any atom is -0.493 e. The van der Waals surface area contributed by atoms with Gasteiger partial charge in [-0.2, -0.15) is 0 Å². The van der Waals surface area contributed by atoms with E-state index in [0.29, 0.717) is 6.04 Å². The van der Waals surface area contributed by atoms with Gasteiger partial charge in [0.1, 0.15) is 0 Å². The second kappa shape index (κ2) is 5.67. The summed E-state index contributed by atoms with van der Waals surface area (Å²) in [4.78, 5) is 0. The van der Waals surface area contributed by atoms with Gasteiger partial charge in [-0.3, -0.25) is 0 Å². The first-order chi connectivity index (χ1) is 8.38. The van der Waals surface area contributed by atoms with Crippen LogP contribution in [0.3, 0.4) is 0 Å². The number of rotatable bonds is 2. The second-order valence-corrected chi connectivity index (χ2v) is 4.46. The van der Waals surface area contributed by atoms with Gasteiger partial charge in [-0.1, -0.05) is 6.42 Å². The Balaban J connectivity index is 0.00000120. The van der Waals surface area contributed by atoms with Gasteiger partial charge >= 0.3 is 0 Å². The van der Waals surface area contributed by atoms with Gasteiger partial charge in [-0.05, 0) is 37.1 Å². The minimum absolute atomic E-state index is 0. The fourth-order valence-corrected chi connectivity index (χ4v) is 2.49. The number of benzene rings is 1. The molecule has 0 aromatic heterocycles. The van der Waals surface area contributed by atoms with Gasteiger partial charge in [0.2, 0.25) is 12.5 Å². The Bertz CT molecular complexity index is 419. The van der Waals surface area contributed by atoms with Crippen molar-refractivity contribution in [1.29, 1.82) is 0 Å². The summed E-state index contributed by atoms with van der Waals surface area (Å²) in [7, 11) is 1.66. The van der Waals surface area contributed by atoms with Crippen LogP contribution in [-0.2, 0) is 0 Å². The lowest BCUT2D eigenvalue weighted by atomic mass is 9.97. The maximum Gasteiger partial charge on any atom is 0.231 e. The maximum absolute atomic E-state index is 5.44. The zero-order valence-electron chi connectivity index (χ0n) is 10.4. The van der Waals surface area contributed by atoms with Crippen LogP contribution in [-0.4, -0.2) is 20.4 Å². The summed E-state index contributed by atoms with van der Waals surface area (Å²) < 4.78 is 16.2. The molecule has 2 heterocycles. The summed E-state index contributed by atoms with van der Waals surface area (Å²) in [5, 5.41) is 3.53. The smallest absolute Gasteiger partial charge is 0.231 e. The lowest BCUT2D eigenvalue weighted by Gasteiger charge is -2.24. The number of piperidine rings is 1. The van der Waals surface area contributed by atoms with Gasteiger partial charge in [0, 0.05) is 6.04 Å². The van der Waals surface area contributed by atoms with E-state index in [4.69, 9.17) is 14.2 Å². The van der Waals surface area contributed by atoms with E-state index in [1.165, 1.54) is 24.8 Å². The largest absolute Gasteiger partial charge is 0.493 e. The number of nitrogens with one attached hydrogen (secondary N) is 1. The standard InChI is InChI=1S/C13H17NO3.ClH/c1-15-11-6-9(10-4-2-3-5-14-10)7-12-13(11)17-8-16-12;/h6-7,10,14H,2-5,8H2,1H3;1H/t10-;/m1./s1. The van der Waals surface area contributed by atoms with Crippen molar-refractivity contribution in [3.63, 3.8) is 0 Å². The van der Waals surface area contributed by atoms with Crippen LogP contribution in [0.1, 0.15) is 30.9 Å². The number of hydrogen-bond donors (Lipinski definition) is 1. The SMILES string of the molecule is COc1cc([C@H]2CCCCN2)cc2c1OCO2.Cl. The molecular formula is C13H18ClNO3. The summed E-state index contributed by atoms with van der Waals surface area (Å²) in [6.07, 6.45) is 3.70. The van der Waals surface area contributed by atoms with Crippen LogP contribution >= 0.6 is 12.4 Å². The Morgan fingerprint density at radius 1 is 1.28 bits per heavy atom. The highest BCUT2D eigenvalue weighted by Crippen LogP contribution is 2.43. The van der Waals surface area contributed by atoms with Crippen LogP contribution < -0.4 is 19.5 Å². The first-order valence-corrected chi connectivity index (χ1v) is 6.09. The van der Waals surface area contributed by atoms with Gasteiger partial charge in [-0.25, -0.2) is 0 Å². The normalized spacial score (nSPS) is 21.3. The lowest BCUT2D eigenvalue weighted by molar-refractivity contribution is 0.171. The van der Waals surface area contributed by atoms with Crippen molar-refractivity contribution >= 4 is 12.4 Å². The van der Waals surface area contributed by atoms with E-state index in [-0.39, 0.29) is 19.2 Å². The van der Waals surface area contributed by atoms with E-state index < -0.39 is 0 Å². The van der Waals surface area contributed by atoms with Crippen LogP contribution in [0.25, 0.3) is 0 Å². The average Bonchev–Trinajstić information content (AvgIpc) is 2.86. The number of methoxy groups -OCH3 is 1. The highest BCUT2D eigenvalue weighted by atomic mass is 35.5. The zero-order chi connectivity index (χ0) is 11.7. The molecule has 0 amide bonds. The number of fused-ring (bicyclic) bond motifs is 1. The molecule has 1 saturated heterocycles. The van der Waals surface area contributed by atoms with Crippen molar-refractivity contribution < 1.29 is 14.2 Å². The minimum atomic E-state index is 0. The van der Waals surface area contributed by atoms with Gasteiger partial charge in [0.05, 0.1) is 7.11 Å². The van der Waals surface area contributed by atoms with E-state index in [9.17, 15) is 0 Å². The van der Waals surface area contributed by atoms with Crippen molar-refractivity contribution in [2.75, 3.05) is 20.4 Å². The van der Waals surface area contributed by atoms with Gasteiger partial charge in [0.25, 0.3) is 0 Å². The Morgan fingerprint density at radius 2 is 2.17 bits per heavy atom. The third-order valence-electron chi connectivity index (χ3n) is 3.39. The van der Waals surface area contributed by atoms with E-state index in [1.54, 1.807) is 7.11 Å². The molecule has 2 aliphatic rings. The predicted molar refractivity (Wildman–Crippen MR) is 71.0 cm³/mol. The molecule has 0 radical (unpaired) electrons. The topological polar surface area (TPSA) is 39.7 Å². The zero-order valence-corrected chi connectivity index (χ0v) is 11.2. The van der Waals surface area contributed by atoms with E-state index in [2.05, 4.69) is 17.4 Å². The molecule has 0 saturated carbocycles. The second-order valence-electron chi connectivity index (χ2n) is 4.46. The Labute approximate surface area is 113 Å². The predicted octanol–water partition coefficient (Wildman–Crippen LogP) is 2.66. The molecule has 5 heteroatoms. The summed E-state index contributed by atoms with van der Waals surface area (Å²) in [6.45, 7) is 1.37. The summed E-state index contributed by atoms with van der Waals surface area (Å²) in [6, 6.07) is 4.52. The van der Waals surface area contributed by atoms with Crippen LogP contribution in [0.4, 0.5) is 0 Å². The van der Waals surface area contributed by atoms with Crippen LogP contribution in [0.15, 0.2) is 12.1 Å². The first kappa shape index (κ1) is 13.3. The summed E-state index contributed by atoms with van der Waals surface area (Å²) >= 11 is 0. The Kier molecular flexibility index (Phi) is 4.19. The molecule has 1 fully saturated rings. The van der Waals surface area contributed by atoms with Crippen molar-refractivity contribution in [2.24, 2.45) is 0 Å².